The van der Waals surface area contributed by atoms with Crippen LogP contribution in [-0.4, -0.2) is 40.8 Å². The van der Waals surface area contributed by atoms with Gasteiger partial charge < -0.3 is 21.3 Å². The van der Waals surface area contributed by atoms with Gasteiger partial charge >= 0.3 is 5.97 Å². The summed E-state index contributed by atoms with van der Waals surface area (Å²) in [6.07, 6.45) is -0.0298. The summed E-state index contributed by atoms with van der Waals surface area (Å²) in [5.41, 5.74) is 5.23. The Morgan fingerprint density at radius 2 is 1.88 bits per heavy atom. The topological polar surface area (TPSA) is 113 Å². The Morgan fingerprint density at radius 3 is 2.19 bits per heavy atom. The molecule has 16 heavy (non-hydrogen) atoms. The number of carboxylic acid groups (broad SMARTS) is 1. The Hall–Kier alpha value is -1.14. The van der Waals surface area contributed by atoms with Crippen molar-refractivity contribution in [2.45, 2.75) is 39.3 Å². The van der Waals surface area contributed by atoms with Crippen LogP contribution in [0.25, 0.3) is 0 Å². The van der Waals surface area contributed by atoms with Crippen molar-refractivity contribution in [2.24, 2.45) is 11.1 Å². The molecule has 0 aliphatic carbocycles. The van der Waals surface area contributed by atoms with Crippen LogP contribution in [0.15, 0.2) is 0 Å². The normalized spacial score (nSPS) is 15.3. The fourth-order valence-corrected chi connectivity index (χ4v) is 1.04. The first-order chi connectivity index (χ1) is 7.20. The number of rotatable bonds is 5. The second kappa shape index (κ2) is 5.81. The molecule has 0 aromatic carbocycles. The molecule has 6 nitrogen and oxygen atoms in total. The van der Waals surface area contributed by atoms with E-state index in [9.17, 15) is 9.59 Å². The highest BCUT2D eigenvalue weighted by Crippen LogP contribution is 2.17. The number of carboxylic acids is 1. The van der Waals surface area contributed by atoms with E-state index in [1.165, 1.54) is 0 Å². The fraction of sp³-hybridized carbons (Fsp3) is 0.800. The zero-order valence-corrected chi connectivity index (χ0v) is 9.86. The zero-order valence-electron chi connectivity index (χ0n) is 9.86. The van der Waals surface area contributed by atoms with Crippen molar-refractivity contribution in [3.8, 4) is 0 Å². The monoisotopic (exact) mass is 232 g/mol. The highest BCUT2D eigenvalue weighted by molar-refractivity contribution is 5.87. The predicted molar refractivity (Wildman–Crippen MR) is 58.7 cm³/mol. The van der Waals surface area contributed by atoms with Crippen molar-refractivity contribution in [1.29, 1.82) is 0 Å². The van der Waals surface area contributed by atoms with Gasteiger partial charge in [0.2, 0.25) is 5.91 Å². The predicted octanol–water partition coefficient (Wildman–Crippen LogP) is -0.688. The highest BCUT2D eigenvalue weighted by atomic mass is 16.4. The standard InChI is InChI=1S/C10H20N2O4/c1-10(2,3)7(11)8(14)12-6(4-5-13)9(15)16/h6-7,13H,4-5,11H2,1-3H3,(H,12,14)(H,15,16)/t6-,7-/m0/s1. The van der Waals surface area contributed by atoms with E-state index < -0.39 is 29.4 Å². The number of hydrogen-bond donors (Lipinski definition) is 4. The Kier molecular flexibility index (Phi) is 5.40. The van der Waals surface area contributed by atoms with Crippen molar-refractivity contribution in [2.75, 3.05) is 6.61 Å². The van der Waals surface area contributed by atoms with Gasteiger partial charge in [0.25, 0.3) is 0 Å². The first-order valence-electron chi connectivity index (χ1n) is 5.09. The molecular formula is C10H20N2O4. The third-order valence-corrected chi connectivity index (χ3v) is 2.25. The van der Waals surface area contributed by atoms with E-state index in [1.807, 2.05) is 0 Å². The molecule has 5 N–H and O–H groups in total. The minimum Gasteiger partial charge on any atom is -0.480 e. The molecule has 0 fully saturated rings. The molecule has 2 atom stereocenters. The van der Waals surface area contributed by atoms with E-state index in [4.69, 9.17) is 15.9 Å². The van der Waals surface area contributed by atoms with Crippen LogP contribution in [0.1, 0.15) is 27.2 Å². The van der Waals surface area contributed by atoms with Crippen LogP contribution in [0.3, 0.4) is 0 Å². The number of aliphatic carboxylic acids is 1. The lowest BCUT2D eigenvalue weighted by Crippen LogP contribution is -2.53. The summed E-state index contributed by atoms with van der Waals surface area (Å²) in [5.74, 6) is -1.70. The van der Waals surface area contributed by atoms with Gasteiger partial charge in [0.1, 0.15) is 6.04 Å². The number of amides is 1. The van der Waals surface area contributed by atoms with E-state index in [0.717, 1.165) is 0 Å². The lowest BCUT2D eigenvalue weighted by atomic mass is 9.87. The summed E-state index contributed by atoms with van der Waals surface area (Å²) in [4.78, 5) is 22.3. The van der Waals surface area contributed by atoms with Crippen molar-refractivity contribution in [3.05, 3.63) is 0 Å². The summed E-state index contributed by atoms with van der Waals surface area (Å²) in [5, 5.41) is 19.7. The van der Waals surface area contributed by atoms with Crippen LogP contribution in [0.2, 0.25) is 0 Å². The molecule has 0 unspecified atom stereocenters. The highest BCUT2D eigenvalue weighted by Gasteiger charge is 2.30. The molecule has 1 amide bonds. The van der Waals surface area contributed by atoms with E-state index >= 15 is 0 Å². The van der Waals surface area contributed by atoms with E-state index in [0.29, 0.717) is 0 Å². The average Bonchev–Trinajstić information content (AvgIpc) is 2.14. The quantitative estimate of drug-likeness (QED) is 0.501. The molecule has 0 spiro atoms. The maximum absolute atomic E-state index is 11.6. The molecule has 0 heterocycles. The third kappa shape index (κ3) is 4.59. The van der Waals surface area contributed by atoms with Gasteiger partial charge in [-0.15, -0.1) is 0 Å². The van der Waals surface area contributed by atoms with E-state index in [1.54, 1.807) is 20.8 Å². The summed E-state index contributed by atoms with van der Waals surface area (Å²) in [6.45, 7) is 5.07. The number of nitrogens with one attached hydrogen (secondary N) is 1. The van der Waals surface area contributed by atoms with Crippen molar-refractivity contribution < 1.29 is 19.8 Å². The first-order valence-corrected chi connectivity index (χ1v) is 5.09. The molecule has 0 bridgehead atoms. The Labute approximate surface area is 94.8 Å². The lowest BCUT2D eigenvalue weighted by Gasteiger charge is -2.27. The van der Waals surface area contributed by atoms with Gasteiger partial charge in [-0.3, -0.25) is 4.79 Å². The molecule has 0 radical (unpaired) electrons. The Balaban J connectivity index is 4.46. The van der Waals surface area contributed by atoms with Crippen LogP contribution in [0.4, 0.5) is 0 Å². The second-order valence-corrected chi connectivity index (χ2v) is 4.76. The summed E-state index contributed by atoms with van der Waals surface area (Å²) >= 11 is 0. The van der Waals surface area contributed by atoms with Crippen LogP contribution in [0, 0.1) is 5.41 Å². The van der Waals surface area contributed by atoms with Crippen molar-refractivity contribution in [1.82, 2.24) is 5.32 Å². The molecule has 0 aromatic heterocycles. The van der Waals surface area contributed by atoms with Gasteiger partial charge in [-0.2, -0.15) is 0 Å². The average molecular weight is 232 g/mol. The molecular weight excluding hydrogens is 212 g/mol. The number of nitrogens with two attached hydrogens (primary N) is 1. The first kappa shape index (κ1) is 14.9. The van der Waals surface area contributed by atoms with E-state index in [-0.39, 0.29) is 13.0 Å². The maximum atomic E-state index is 11.6. The minimum absolute atomic E-state index is 0.0298. The molecule has 6 heteroatoms. The third-order valence-electron chi connectivity index (χ3n) is 2.25. The molecule has 0 saturated heterocycles. The van der Waals surface area contributed by atoms with Gasteiger partial charge in [0, 0.05) is 13.0 Å². The Morgan fingerprint density at radius 1 is 1.38 bits per heavy atom. The minimum atomic E-state index is -1.18. The molecule has 94 valence electrons. The lowest BCUT2D eigenvalue weighted by molar-refractivity contribution is -0.142. The van der Waals surface area contributed by atoms with Gasteiger partial charge in [-0.05, 0) is 5.41 Å². The maximum Gasteiger partial charge on any atom is 0.326 e. The number of aliphatic hydroxyl groups is 1. The number of carbonyl (C=O) groups is 2. The van der Waals surface area contributed by atoms with Crippen LogP contribution in [0.5, 0.6) is 0 Å². The van der Waals surface area contributed by atoms with Crippen molar-refractivity contribution >= 4 is 11.9 Å². The molecule has 0 aliphatic heterocycles. The fourth-order valence-electron chi connectivity index (χ4n) is 1.04. The van der Waals surface area contributed by atoms with Crippen molar-refractivity contribution in [3.63, 3.8) is 0 Å². The number of carbonyl (C=O) groups excluding carboxylic acids is 1. The van der Waals surface area contributed by atoms with Gasteiger partial charge in [0.05, 0.1) is 6.04 Å². The largest absolute Gasteiger partial charge is 0.480 e. The van der Waals surface area contributed by atoms with Gasteiger partial charge in [-0.25, -0.2) is 4.79 Å². The molecule has 0 rings (SSSR count). The SMILES string of the molecule is CC(C)(C)[C@@H](N)C(=O)N[C@@H](CCO)C(=O)O. The smallest absolute Gasteiger partial charge is 0.326 e. The van der Waals surface area contributed by atoms with Crippen LogP contribution in [-0.2, 0) is 9.59 Å². The summed E-state index contributed by atoms with van der Waals surface area (Å²) < 4.78 is 0. The molecule has 0 saturated carbocycles. The van der Waals surface area contributed by atoms with Gasteiger partial charge in [0.15, 0.2) is 0 Å². The summed E-state index contributed by atoms with van der Waals surface area (Å²) in [7, 11) is 0. The van der Waals surface area contributed by atoms with Crippen LogP contribution >= 0.6 is 0 Å². The number of aliphatic hydroxyl groups excluding tert-OH is 1. The van der Waals surface area contributed by atoms with Crippen LogP contribution < -0.4 is 11.1 Å². The second-order valence-electron chi connectivity index (χ2n) is 4.76. The zero-order chi connectivity index (χ0) is 12.9. The number of hydrogen-bond acceptors (Lipinski definition) is 4. The van der Waals surface area contributed by atoms with E-state index in [2.05, 4.69) is 5.32 Å². The molecule has 0 aromatic rings. The Bertz CT molecular complexity index is 260. The molecule has 0 aliphatic rings. The van der Waals surface area contributed by atoms with Gasteiger partial charge in [-0.1, -0.05) is 20.8 Å². The summed E-state index contributed by atoms with van der Waals surface area (Å²) in [6, 6.07) is -1.88.